The molecular formula is C68H77BClN17O7. The number of morpholine rings is 3. The van der Waals surface area contributed by atoms with E-state index >= 15 is 0 Å². The van der Waals surface area contributed by atoms with E-state index in [0.717, 1.165) is 184 Å². The van der Waals surface area contributed by atoms with E-state index in [-0.39, 0.29) is 11.2 Å². The molecule has 8 aromatic heterocycles. The number of halogens is 1. The van der Waals surface area contributed by atoms with E-state index in [4.69, 9.17) is 69.7 Å². The Hall–Kier alpha value is -9.11. The lowest BCUT2D eigenvalue weighted by Gasteiger charge is -2.32. The van der Waals surface area contributed by atoms with Crippen LogP contribution < -0.4 is 29.6 Å². The van der Waals surface area contributed by atoms with Crippen LogP contribution in [0.1, 0.15) is 68.4 Å². The van der Waals surface area contributed by atoms with E-state index in [1.54, 1.807) is 39.0 Å². The van der Waals surface area contributed by atoms with Crippen LogP contribution in [-0.4, -0.2) is 182 Å². The fourth-order valence-corrected chi connectivity index (χ4v) is 11.4. The zero-order valence-corrected chi connectivity index (χ0v) is 55.3. The highest BCUT2D eigenvalue weighted by Gasteiger charge is 2.52. The Bertz CT molecular complexity index is 4250. The number of fused-ring (bicyclic) bond motifs is 3. The number of hydrogen-bond acceptors (Lipinski definition) is 22. The number of aryl methyl sites for hydroxylation is 2. The molecule has 15 rings (SSSR count). The number of methoxy groups -OCH3 is 2. The maximum Gasteiger partial charge on any atom is 0.496 e. The SMILES string of the molecule is CC1=NCc2ncc(-c3cncc(N4CCOCC4)n3)cc21.COc1ccc(Cn2nc(C)c3cc(-c4cncc(N5CCOCC5)n4)cnc32)cc1.COc1ccc(Cn2nc(C)c3cc(B4OC(C)(C)C(C)(C)O4)cnc32)cc1.Clc1cncc(N2CCOCC2)n1. The minimum absolute atomic E-state index is 0.375. The first kappa shape index (κ1) is 65.0. The number of anilines is 3. The lowest BCUT2D eigenvalue weighted by atomic mass is 9.80. The highest BCUT2D eigenvalue weighted by molar-refractivity contribution is 6.62. The van der Waals surface area contributed by atoms with Gasteiger partial charge in [0.2, 0.25) is 0 Å². The standard InChI is InChI=1S/C23H24N6O2.C21H26BN3O3.C16H17N5O.C8H10ClN3O/c1-16-20-11-18(21-13-24-14-22(26-21)28-7-9-31-10-8-28)12-25-23(20)29(27-16)15-17-3-5-19(30-2)6-4-17;1-14-18-11-16(22-27-20(2,3)21(4,5)28-22)12-23-19(18)25(24-14)13-15-7-9-17(26-6)10-8-15;1-11-13-6-12(7-19-15(13)9-18-11)14-8-17-10-16(20-14)21-2-4-22-5-3-21;9-7-5-10-6-8(11-7)12-1-3-13-4-2-12/h3-6,11-14H,7-10,15H2,1-2H3;7-12H,13H2,1-6H3;6-8,10H,2-5,9H2,1H3;5-6H,1-4H2. The average Bonchev–Trinajstić information content (AvgIpc) is 1.64. The quantitative estimate of drug-likeness (QED) is 0.104. The lowest BCUT2D eigenvalue weighted by molar-refractivity contribution is 0.00578. The normalized spacial score (nSPS) is 16.5. The van der Waals surface area contributed by atoms with E-state index < -0.39 is 7.12 Å². The van der Waals surface area contributed by atoms with Crippen molar-refractivity contribution in [3.05, 3.63) is 161 Å². The van der Waals surface area contributed by atoms with Crippen LogP contribution in [0.25, 0.3) is 44.6 Å². The highest BCUT2D eigenvalue weighted by atomic mass is 35.5. The molecule has 486 valence electrons. The van der Waals surface area contributed by atoms with Crippen molar-refractivity contribution < 1.29 is 33.0 Å². The van der Waals surface area contributed by atoms with Crippen LogP contribution in [0, 0.1) is 13.8 Å². The molecule has 0 N–H and O–H groups in total. The number of ether oxygens (including phenoxy) is 5. The first-order valence-corrected chi connectivity index (χ1v) is 31.8. The predicted octanol–water partition coefficient (Wildman–Crippen LogP) is 8.85. The summed E-state index contributed by atoms with van der Waals surface area (Å²) >= 11 is 5.73. The Morgan fingerprint density at radius 1 is 0.511 bits per heavy atom. The largest absolute Gasteiger partial charge is 0.497 e. The zero-order valence-electron chi connectivity index (χ0n) is 54.6. The molecule has 13 heterocycles. The van der Waals surface area contributed by atoms with Gasteiger partial charge >= 0.3 is 7.12 Å². The summed E-state index contributed by atoms with van der Waals surface area (Å²) in [6.45, 7) is 25.7. The summed E-state index contributed by atoms with van der Waals surface area (Å²) in [6, 6.07) is 22.3. The first-order chi connectivity index (χ1) is 45.6. The molecule has 0 amide bonds. The van der Waals surface area contributed by atoms with Crippen LogP contribution >= 0.6 is 11.6 Å². The second-order valence-electron chi connectivity index (χ2n) is 24.1. The molecular weight excluding hydrogens is 1210 g/mol. The Balaban J connectivity index is 0.000000125. The third kappa shape index (κ3) is 15.1. The molecule has 5 aliphatic heterocycles. The first-order valence-electron chi connectivity index (χ1n) is 31.5. The number of benzene rings is 2. The number of rotatable bonds is 12. The van der Waals surface area contributed by atoms with Crippen molar-refractivity contribution >= 4 is 69.4 Å². The second-order valence-corrected chi connectivity index (χ2v) is 24.5. The fourth-order valence-electron chi connectivity index (χ4n) is 11.2. The third-order valence-corrected chi connectivity index (χ3v) is 17.5. The van der Waals surface area contributed by atoms with Gasteiger partial charge in [0.15, 0.2) is 11.3 Å². The highest BCUT2D eigenvalue weighted by Crippen LogP contribution is 2.37. The fraction of sp³-hybridized carbons (Fsp3) is 0.382. The third-order valence-electron chi connectivity index (χ3n) is 17.3. The number of aliphatic imine (C=N–C) groups is 1. The minimum atomic E-state index is -0.425. The summed E-state index contributed by atoms with van der Waals surface area (Å²) in [5.74, 6) is 4.28. The Morgan fingerprint density at radius 2 is 0.947 bits per heavy atom. The molecule has 5 aliphatic rings. The summed E-state index contributed by atoms with van der Waals surface area (Å²) in [5, 5.41) is 11.9. The summed E-state index contributed by atoms with van der Waals surface area (Å²) in [5.41, 5.74) is 12.8. The van der Waals surface area contributed by atoms with Crippen LogP contribution in [0.4, 0.5) is 17.5 Å². The van der Waals surface area contributed by atoms with E-state index in [1.165, 1.54) is 6.20 Å². The van der Waals surface area contributed by atoms with Gasteiger partial charge in [0, 0.05) is 96.5 Å². The van der Waals surface area contributed by atoms with Crippen molar-refractivity contribution in [3.8, 4) is 34.0 Å². The molecule has 10 aromatic rings. The van der Waals surface area contributed by atoms with E-state index in [9.17, 15) is 0 Å². The molecule has 0 spiro atoms. The van der Waals surface area contributed by atoms with Crippen molar-refractivity contribution in [3.63, 3.8) is 0 Å². The van der Waals surface area contributed by atoms with Crippen LogP contribution in [0.2, 0.25) is 5.15 Å². The van der Waals surface area contributed by atoms with Crippen molar-refractivity contribution in [1.82, 2.24) is 64.4 Å². The van der Waals surface area contributed by atoms with Gasteiger partial charge < -0.3 is 47.7 Å². The van der Waals surface area contributed by atoms with Crippen molar-refractivity contribution in [2.75, 3.05) is 108 Å². The van der Waals surface area contributed by atoms with Gasteiger partial charge in [-0.15, -0.1) is 0 Å². The topological polar surface area (TPSA) is 238 Å². The molecule has 0 saturated carbocycles. The van der Waals surface area contributed by atoms with Gasteiger partial charge in [-0.3, -0.25) is 24.9 Å². The average molecular weight is 1290 g/mol. The maximum atomic E-state index is 6.16. The van der Waals surface area contributed by atoms with Crippen molar-refractivity contribution in [1.29, 1.82) is 0 Å². The van der Waals surface area contributed by atoms with Gasteiger partial charge in [0.25, 0.3) is 0 Å². The summed E-state index contributed by atoms with van der Waals surface area (Å²) in [4.78, 5) is 51.3. The van der Waals surface area contributed by atoms with E-state index in [0.29, 0.717) is 38.0 Å². The molecule has 4 fully saturated rings. The molecule has 0 aliphatic carbocycles. The Morgan fingerprint density at radius 3 is 1.43 bits per heavy atom. The van der Waals surface area contributed by atoms with Gasteiger partial charge in [0.05, 0.1) is 150 Å². The van der Waals surface area contributed by atoms with Gasteiger partial charge in [-0.25, -0.2) is 34.3 Å². The predicted molar refractivity (Wildman–Crippen MR) is 363 cm³/mol. The lowest BCUT2D eigenvalue weighted by Crippen LogP contribution is -2.41. The molecule has 2 aromatic carbocycles. The Labute approximate surface area is 551 Å². The number of hydrogen-bond donors (Lipinski definition) is 0. The smallest absolute Gasteiger partial charge is 0.496 e. The maximum absolute atomic E-state index is 6.16. The van der Waals surface area contributed by atoms with E-state index in [1.807, 2.05) is 103 Å². The number of nitrogens with zero attached hydrogens (tertiary/aromatic N) is 17. The molecule has 94 heavy (non-hydrogen) atoms. The van der Waals surface area contributed by atoms with Gasteiger partial charge in [-0.05, 0) is 102 Å². The molecule has 4 saturated heterocycles. The van der Waals surface area contributed by atoms with E-state index in [2.05, 4.69) is 95.5 Å². The van der Waals surface area contributed by atoms with Crippen LogP contribution in [-0.2, 0) is 43.2 Å². The summed E-state index contributed by atoms with van der Waals surface area (Å²) < 4.78 is 42.7. The summed E-state index contributed by atoms with van der Waals surface area (Å²) in [6.07, 6.45) is 16.0. The van der Waals surface area contributed by atoms with Crippen LogP contribution in [0.5, 0.6) is 11.5 Å². The van der Waals surface area contributed by atoms with Crippen molar-refractivity contribution in [2.24, 2.45) is 4.99 Å². The molecule has 0 unspecified atom stereocenters. The minimum Gasteiger partial charge on any atom is -0.497 e. The molecule has 24 nitrogen and oxygen atoms in total. The second kappa shape index (κ2) is 29.0. The zero-order chi connectivity index (χ0) is 65.3. The monoisotopic (exact) mass is 1290 g/mol. The number of aromatic nitrogens is 13. The summed E-state index contributed by atoms with van der Waals surface area (Å²) in [7, 11) is 2.91. The molecule has 26 heteroatoms. The van der Waals surface area contributed by atoms with Gasteiger partial charge in [-0.2, -0.15) is 10.2 Å². The van der Waals surface area contributed by atoms with Crippen LogP contribution in [0.3, 0.4) is 0 Å². The van der Waals surface area contributed by atoms with Crippen LogP contribution in [0.15, 0.2) is 127 Å². The van der Waals surface area contributed by atoms with Gasteiger partial charge in [-0.1, -0.05) is 35.9 Å². The molecule has 0 radical (unpaired) electrons. The number of pyridine rings is 3. The Kier molecular flexibility index (Phi) is 20.1. The van der Waals surface area contributed by atoms with Crippen molar-refractivity contribution in [2.45, 2.75) is 79.3 Å². The molecule has 0 bridgehead atoms. The molecule has 0 atom stereocenters. The van der Waals surface area contributed by atoms with Gasteiger partial charge in [0.1, 0.15) is 34.1 Å².